The highest BCUT2D eigenvalue weighted by molar-refractivity contribution is 5.99. The second kappa shape index (κ2) is 9.39. The van der Waals surface area contributed by atoms with E-state index in [1.165, 1.54) is 0 Å². The Balaban J connectivity index is 1.44. The van der Waals surface area contributed by atoms with Crippen LogP contribution >= 0.6 is 0 Å². The summed E-state index contributed by atoms with van der Waals surface area (Å²) in [5.74, 6) is 1.40. The van der Waals surface area contributed by atoms with Gasteiger partial charge in [-0.2, -0.15) is 5.10 Å². The van der Waals surface area contributed by atoms with Gasteiger partial charge >= 0.3 is 0 Å². The highest BCUT2D eigenvalue weighted by atomic mass is 16.5. The van der Waals surface area contributed by atoms with E-state index in [1.807, 2.05) is 68.4 Å². The lowest BCUT2D eigenvalue weighted by Gasteiger charge is -2.13. The minimum Gasteiger partial charge on any atom is -0.494 e. The molecule has 0 radical (unpaired) electrons. The molecular formula is C27H26N4O3. The summed E-state index contributed by atoms with van der Waals surface area (Å²) in [6.45, 7) is 4.85. The van der Waals surface area contributed by atoms with Gasteiger partial charge in [-0.25, -0.2) is 4.68 Å². The molecule has 0 aliphatic carbocycles. The Labute approximate surface area is 198 Å². The van der Waals surface area contributed by atoms with E-state index in [-0.39, 0.29) is 12.0 Å². The highest BCUT2D eigenvalue weighted by Crippen LogP contribution is 2.35. The third-order valence-electron chi connectivity index (χ3n) is 5.73. The zero-order chi connectivity index (χ0) is 23.5. The van der Waals surface area contributed by atoms with Gasteiger partial charge in [-0.3, -0.25) is 9.78 Å². The third-order valence-corrected chi connectivity index (χ3v) is 5.73. The van der Waals surface area contributed by atoms with Gasteiger partial charge in [0.15, 0.2) is 0 Å². The van der Waals surface area contributed by atoms with E-state index in [1.54, 1.807) is 23.3 Å². The summed E-state index contributed by atoms with van der Waals surface area (Å²) in [5, 5.41) is 7.74. The van der Waals surface area contributed by atoms with E-state index >= 15 is 0 Å². The Bertz CT molecular complexity index is 1300. The first-order valence-corrected chi connectivity index (χ1v) is 11.4. The molecule has 1 aliphatic heterocycles. The summed E-state index contributed by atoms with van der Waals surface area (Å²) in [6.07, 6.45) is 6.16. The number of nitrogens with zero attached hydrogens (tertiary/aromatic N) is 3. The number of hydrogen-bond donors (Lipinski definition) is 1. The topological polar surface area (TPSA) is 78.3 Å². The van der Waals surface area contributed by atoms with Crippen molar-refractivity contribution in [2.24, 2.45) is 0 Å². The van der Waals surface area contributed by atoms with Crippen LogP contribution in [0.4, 0.5) is 0 Å². The lowest BCUT2D eigenvalue weighted by molar-refractivity contribution is 0.0951. The molecule has 0 saturated heterocycles. The van der Waals surface area contributed by atoms with Crippen LogP contribution in [0.3, 0.4) is 0 Å². The van der Waals surface area contributed by atoms with Crippen molar-refractivity contribution in [2.45, 2.75) is 32.9 Å². The molecule has 1 unspecified atom stereocenters. The molecule has 1 atom stereocenters. The van der Waals surface area contributed by atoms with E-state index in [0.717, 1.165) is 40.3 Å². The molecule has 1 aliphatic rings. The van der Waals surface area contributed by atoms with Crippen molar-refractivity contribution < 1.29 is 14.3 Å². The van der Waals surface area contributed by atoms with Gasteiger partial charge in [0, 0.05) is 48.2 Å². The second-order valence-electron chi connectivity index (χ2n) is 8.23. The maximum absolute atomic E-state index is 13.4. The van der Waals surface area contributed by atoms with E-state index in [2.05, 4.69) is 10.3 Å². The molecule has 0 saturated carbocycles. The van der Waals surface area contributed by atoms with E-state index in [9.17, 15) is 4.79 Å². The summed E-state index contributed by atoms with van der Waals surface area (Å²) in [5.41, 5.74) is 4.70. The number of carbonyl (C=O) groups is 1. The molecule has 172 valence electrons. The van der Waals surface area contributed by atoms with Crippen molar-refractivity contribution in [3.8, 4) is 28.4 Å². The normalized spacial score (nSPS) is 14.4. The highest BCUT2D eigenvalue weighted by Gasteiger charge is 2.23. The Hall–Kier alpha value is -4.13. The zero-order valence-electron chi connectivity index (χ0n) is 19.2. The summed E-state index contributed by atoms with van der Waals surface area (Å²) >= 11 is 0. The fraction of sp³-hybridized carbons (Fsp3) is 0.222. The van der Waals surface area contributed by atoms with Gasteiger partial charge in [-0.05, 0) is 50.2 Å². The van der Waals surface area contributed by atoms with Crippen LogP contribution in [0.1, 0.15) is 35.3 Å². The molecule has 4 aromatic rings. The van der Waals surface area contributed by atoms with Crippen molar-refractivity contribution in [1.29, 1.82) is 0 Å². The van der Waals surface area contributed by atoms with Crippen LogP contribution in [0.2, 0.25) is 0 Å². The number of fused-ring (bicyclic) bond motifs is 1. The Morgan fingerprint density at radius 3 is 2.82 bits per heavy atom. The average Bonchev–Trinajstić information content (AvgIpc) is 3.47. The molecule has 0 bridgehead atoms. The Morgan fingerprint density at radius 2 is 2.06 bits per heavy atom. The zero-order valence-corrected chi connectivity index (χ0v) is 19.2. The number of carbonyl (C=O) groups excluding carboxylic acids is 1. The monoisotopic (exact) mass is 454 g/mol. The van der Waals surface area contributed by atoms with Gasteiger partial charge < -0.3 is 14.8 Å². The number of benzene rings is 2. The summed E-state index contributed by atoms with van der Waals surface area (Å²) in [7, 11) is 0. The van der Waals surface area contributed by atoms with Crippen molar-refractivity contribution in [3.05, 3.63) is 89.9 Å². The first kappa shape index (κ1) is 21.7. The average molecular weight is 455 g/mol. The molecule has 5 rings (SSSR count). The minimum atomic E-state index is -0.224. The standard InChI is InChI=1S/C27H26N4O3/c1-3-33-24-13-20-12-18(2)34-25(20)14-21(24)16-29-27(32)23-17-31(22-9-5-4-6-10-22)30-26(23)19-8-7-11-28-15-19/h4-11,13-15,17-18H,3,12,16H2,1-2H3,(H,29,32). The lowest BCUT2D eigenvalue weighted by atomic mass is 10.1. The number of rotatable bonds is 7. The van der Waals surface area contributed by atoms with Crippen LogP contribution in [0.25, 0.3) is 16.9 Å². The number of hydrogen-bond acceptors (Lipinski definition) is 5. The molecule has 0 fully saturated rings. The van der Waals surface area contributed by atoms with Gasteiger partial charge in [0.1, 0.15) is 23.3 Å². The molecule has 7 nitrogen and oxygen atoms in total. The SMILES string of the molecule is CCOc1cc2c(cc1CNC(=O)c1cn(-c3ccccc3)nc1-c1cccnc1)OC(C)C2. The number of para-hydroxylation sites is 1. The smallest absolute Gasteiger partial charge is 0.255 e. The molecule has 1 N–H and O–H groups in total. The quantitative estimate of drug-likeness (QED) is 0.442. The van der Waals surface area contributed by atoms with Crippen LogP contribution in [0.5, 0.6) is 11.5 Å². The molecule has 0 spiro atoms. The van der Waals surface area contributed by atoms with Crippen molar-refractivity contribution >= 4 is 5.91 Å². The maximum Gasteiger partial charge on any atom is 0.255 e. The molecule has 3 heterocycles. The predicted molar refractivity (Wildman–Crippen MR) is 129 cm³/mol. The van der Waals surface area contributed by atoms with Gasteiger partial charge in [-0.1, -0.05) is 18.2 Å². The Kier molecular flexibility index (Phi) is 5.99. The molecule has 1 amide bonds. The van der Waals surface area contributed by atoms with Crippen molar-refractivity contribution in [2.75, 3.05) is 6.61 Å². The summed E-state index contributed by atoms with van der Waals surface area (Å²) < 4.78 is 13.5. The van der Waals surface area contributed by atoms with Crippen LogP contribution in [0, 0.1) is 0 Å². The van der Waals surface area contributed by atoms with E-state index < -0.39 is 0 Å². The largest absolute Gasteiger partial charge is 0.494 e. The van der Waals surface area contributed by atoms with Crippen LogP contribution in [0.15, 0.2) is 73.2 Å². The van der Waals surface area contributed by atoms with E-state index in [4.69, 9.17) is 14.6 Å². The molecule has 2 aromatic heterocycles. The first-order chi connectivity index (χ1) is 16.6. The molecule has 7 heteroatoms. The summed E-state index contributed by atoms with van der Waals surface area (Å²) in [4.78, 5) is 17.6. The van der Waals surface area contributed by atoms with Crippen LogP contribution < -0.4 is 14.8 Å². The molecule has 2 aromatic carbocycles. The number of ether oxygens (including phenoxy) is 2. The predicted octanol–water partition coefficient (Wildman–Crippen LogP) is 4.59. The van der Waals surface area contributed by atoms with Gasteiger partial charge in [0.05, 0.1) is 17.9 Å². The number of nitrogens with one attached hydrogen (secondary N) is 1. The lowest BCUT2D eigenvalue weighted by Crippen LogP contribution is -2.23. The third kappa shape index (κ3) is 4.37. The summed E-state index contributed by atoms with van der Waals surface area (Å²) in [6, 6.07) is 17.4. The first-order valence-electron chi connectivity index (χ1n) is 11.4. The van der Waals surface area contributed by atoms with Crippen molar-refractivity contribution in [3.63, 3.8) is 0 Å². The maximum atomic E-state index is 13.4. The van der Waals surface area contributed by atoms with Crippen LogP contribution in [-0.4, -0.2) is 33.4 Å². The number of pyridine rings is 1. The fourth-order valence-electron chi connectivity index (χ4n) is 4.15. The van der Waals surface area contributed by atoms with Crippen molar-refractivity contribution in [1.82, 2.24) is 20.1 Å². The number of amides is 1. The van der Waals surface area contributed by atoms with Crippen LogP contribution in [-0.2, 0) is 13.0 Å². The number of aromatic nitrogens is 3. The fourth-order valence-corrected chi connectivity index (χ4v) is 4.15. The minimum absolute atomic E-state index is 0.139. The van der Waals surface area contributed by atoms with E-state index in [0.29, 0.717) is 24.4 Å². The molecular weight excluding hydrogens is 428 g/mol. The molecule has 34 heavy (non-hydrogen) atoms. The van der Waals surface area contributed by atoms with Gasteiger partial charge in [-0.15, -0.1) is 0 Å². The van der Waals surface area contributed by atoms with Gasteiger partial charge in [0.25, 0.3) is 5.91 Å². The second-order valence-corrected chi connectivity index (χ2v) is 8.23. The Morgan fingerprint density at radius 1 is 1.21 bits per heavy atom. The van der Waals surface area contributed by atoms with Gasteiger partial charge in [0.2, 0.25) is 0 Å².